The van der Waals surface area contributed by atoms with Crippen LogP contribution in [-0.2, 0) is 11.3 Å². The summed E-state index contributed by atoms with van der Waals surface area (Å²) in [6.07, 6.45) is 1.45. The van der Waals surface area contributed by atoms with E-state index >= 15 is 0 Å². The molecule has 2 amide bonds. The van der Waals surface area contributed by atoms with E-state index in [9.17, 15) is 14.4 Å². The number of aromatic nitrogens is 4. The molecule has 0 bridgehead atoms. The van der Waals surface area contributed by atoms with Crippen molar-refractivity contribution in [1.82, 2.24) is 30.6 Å². The number of aromatic amines is 1. The van der Waals surface area contributed by atoms with Crippen molar-refractivity contribution in [3.05, 3.63) is 69.2 Å². The zero-order valence-corrected chi connectivity index (χ0v) is 17.7. The summed E-state index contributed by atoms with van der Waals surface area (Å²) in [4.78, 5) is 43.1. The van der Waals surface area contributed by atoms with Gasteiger partial charge in [-0.25, -0.2) is 4.98 Å². The van der Waals surface area contributed by atoms with Gasteiger partial charge < -0.3 is 0 Å². The molecule has 0 spiro atoms. The molecule has 4 rings (SSSR count). The number of hydrogen-bond donors (Lipinski definition) is 3. The Balaban J connectivity index is 1.34. The van der Waals surface area contributed by atoms with E-state index in [-0.39, 0.29) is 24.2 Å². The number of carbonyl (C=O) groups excluding carboxylic acids is 2. The molecule has 0 fully saturated rings. The zero-order valence-electron chi connectivity index (χ0n) is 16.9. The monoisotopic (exact) mass is 436 g/mol. The van der Waals surface area contributed by atoms with E-state index in [1.807, 2.05) is 44.2 Å². The minimum Gasteiger partial charge on any atom is -0.298 e. The fraction of sp³-hybridized carbons (Fsp3) is 0.190. The first-order chi connectivity index (χ1) is 14.9. The molecule has 0 unspecified atom stereocenters. The molecule has 31 heavy (non-hydrogen) atoms. The Hall–Kier alpha value is -3.79. The molecular weight excluding hydrogens is 416 g/mol. The van der Waals surface area contributed by atoms with Crippen molar-refractivity contribution in [2.24, 2.45) is 0 Å². The maximum atomic E-state index is 12.7. The lowest BCUT2D eigenvalue weighted by Gasteiger charge is -2.08. The minimum absolute atomic E-state index is 0.00772. The van der Waals surface area contributed by atoms with Gasteiger partial charge in [0.1, 0.15) is 10.5 Å². The molecule has 4 aromatic rings. The summed E-state index contributed by atoms with van der Waals surface area (Å²) in [5.41, 5.74) is 7.15. The van der Waals surface area contributed by atoms with Crippen molar-refractivity contribution in [2.45, 2.75) is 26.8 Å². The molecule has 158 valence electrons. The van der Waals surface area contributed by atoms with Crippen molar-refractivity contribution < 1.29 is 9.59 Å². The summed E-state index contributed by atoms with van der Waals surface area (Å²) in [5.74, 6) is -0.950. The Morgan fingerprint density at radius 2 is 1.94 bits per heavy atom. The number of thiophene rings is 1. The van der Waals surface area contributed by atoms with Crippen LogP contribution in [0.1, 0.15) is 27.3 Å². The molecule has 0 radical (unpaired) electrons. The third-order valence-electron chi connectivity index (χ3n) is 4.94. The zero-order chi connectivity index (χ0) is 22.0. The van der Waals surface area contributed by atoms with Crippen LogP contribution in [-0.4, -0.2) is 31.6 Å². The first-order valence-corrected chi connectivity index (χ1v) is 10.4. The van der Waals surface area contributed by atoms with Crippen LogP contribution in [0.2, 0.25) is 0 Å². The van der Waals surface area contributed by atoms with Crippen LogP contribution in [0.5, 0.6) is 0 Å². The highest BCUT2D eigenvalue weighted by molar-refractivity contribution is 7.18. The highest BCUT2D eigenvalue weighted by atomic mass is 32.1. The molecule has 0 saturated heterocycles. The lowest BCUT2D eigenvalue weighted by molar-refractivity contribution is -0.122. The van der Waals surface area contributed by atoms with E-state index in [0.717, 1.165) is 16.0 Å². The Morgan fingerprint density at radius 3 is 2.71 bits per heavy atom. The second kappa shape index (κ2) is 8.52. The highest BCUT2D eigenvalue weighted by Gasteiger charge is 2.14. The van der Waals surface area contributed by atoms with Gasteiger partial charge in [-0.1, -0.05) is 30.3 Å². The van der Waals surface area contributed by atoms with Crippen molar-refractivity contribution >= 4 is 33.4 Å². The molecule has 0 aliphatic rings. The molecule has 0 atom stereocenters. The molecule has 10 heteroatoms. The summed E-state index contributed by atoms with van der Waals surface area (Å²) < 4.78 is 1.41. The van der Waals surface area contributed by atoms with Crippen molar-refractivity contribution in [3.8, 4) is 11.3 Å². The van der Waals surface area contributed by atoms with E-state index in [0.29, 0.717) is 15.9 Å². The van der Waals surface area contributed by atoms with Gasteiger partial charge in [0.15, 0.2) is 0 Å². The quantitative estimate of drug-likeness (QED) is 0.415. The summed E-state index contributed by atoms with van der Waals surface area (Å²) in [6.45, 7) is 3.99. The largest absolute Gasteiger partial charge is 0.298 e. The Bertz CT molecular complexity index is 1320. The number of H-pyrrole nitrogens is 1. The van der Waals surface area contributed by atoms with Gasteiger partial charge in [0.05, 0.1) is 17.4 Å². The molecule has 3 heterocycles. The topological polar surface area (TPSA) is 122 Å². The van der Waals surface area contributed by atoms with Gasteiger partial charge >= 0.3 is 0 Å². The maximum absolute atomic E-state index is 12.7. The first-order valence-electron chi connectivity index (χ1n) is 9.59. The van der Waals surface area contributed by atoms with Crippen LogP contribution in [0.15, 0.2) is 47.5 Å². The minimum atomic E-state index is -0.521. The van der Waals surface area contributed by atoms with E-state index < -0.39 is 11.8 Å². The molecule has 0 aliphatic heterocycles. The normalized spacial score (nSPS) is 10.9. The number of hydrogen-bond acceptors (Lipinski definition) is 6. The molecular formula is C21H20N6O3S. The Morgan fingerprint density at radius 1 is 1.16 bits per heavy atom. The van der Waals surface area contributed by atoms with Crippen LogP contribution >= 0.6 is 11.3 Å². The van der Waals surface area contributed by atoms with E-state index in [4.69, 9.17) is 0 Å². The van der Waals surface area contributed by atoms with Crippen molar-refractivity contribution in [1.29, 1.82) is 0 Å². The Kier molecular flexibility index (Phi) is 5.63. The predicted molar refractivity (Wildman–Crippen MR) is 118 cm³/mol. The second-order valence-corrected chi connectivity index (χ2v) is 8.19. The number of rotatable bonds is 5. The number of aryl methyl sites for hydroxylation is 3. The van der Waals surface area contributed by atoms with Crippen molar-refractivity contribution in [3.63, 3.8) is 0 Å². The van der Waals surface area contributed by atoms with Gasteiger partial charge in [0.2, 0.25) is 5.91 Å². The predicted octanol–water partition coefficient (Wildman–Crippen LogP) is 2.32. The highest BCUT2D eigenvalue weighted by Crippen LogP contribution is 2.25. The fourth-order valence-electron chi connectivity index (χ4n) is 3.10. The van der Waals surface area contributed by atoms with E-state index in [2.05, 4.69) is 26.0 Å². The SMILES string of the molecule is Cc1sc2ncn(CCC(=O)NNC(=O)c3cc(-c4ccccc4)n[nH]3)c(=O)c2c1C. The van der Waals surface area contributed by atoms with Crippen LogP contribution in [0.25, 0.3) is 21.5 Å². The third-order valence-corrected chi connectivity index (χ3v) is 6.06. The van der Waals surface area contributed by atoms with Gasteiger partial charge in [-0.2, -0.15) is 5.10 Å². The molecule has 0 aliphatic carbocycles. The standard InChI is InChI=1S/C21H20N6O3S/c1-12-13(2)31-20-18(12)21(30)27(11-22-20)9-8-17(28)25-26-19(29)16-10-15(23-24-16)14-6-4-3-5-7-14/h3-7,10-11H,8-9H2,1-2H3,(H,23,24)(H,25,28)(H,26,29). The Labute approximate surface area is 181 Å². The van der Waals surface area contributed by atoms with Crippen LogP contribution in [0.3, 0.4) is 0 Å². The summed E-state index contributed by atoms with van der Waals surface area (Å²) in [6, 6.07) is 11.0. The lowest BCUT2D eigenvalue weighted by atomic mass is 10.1. The van der Waals surface area contributed by atoms with Crippen molar-refractivity contribution in [2.75, 3.05) is 0 Å². The first kappa shape index (κ1) is 20.5. The summed E-state index contributed by atoms with van der Waals surface area (Å²) >= 11 is 1.48. The van der Waals surface area contributed by atoms with Gasteiger partial charge in [0.25, 0.3) is 11.5 Å². The maximum Gasteiger partial charge on any atom is 0.287 e. The number of nitrogens with one attached hydrogen (secondary N) is 3. The fourth-order valence-corrected chi connectivity index (χ4v) is 4.09. The summed E-state index contributed by atoms with van der Waals surface area (Å²) in [5, 5.41) is 7.35. The molecule has 9 nitrogen and oxygen atoms in total. The van der Waals surface area contributed by atoms with Crippen LogP contribution in [0.4, 0.5) is 0 Å². The molecule has 0 saturated carbocycles. The summed E-state index contributed by atoms with van der Waals surface area (Å²) in [7, 11) is 0. The van der Waals surface area contributed by atoms with Crippen LogP contribution in [0, 0.1) is 13.8 Å². The number of nitrogens with zero attached hydrogens (tertiary/aromatic N) is 3. The van der Waals surface area contributed by atoms with Crippen LogP contribution < -0.4 is 16.4 Å². The smallest absolute Gasteiger partial charge is 0.287 e. The van der Waals surface area contributed by atoms with E-state index in [1.165, 1.54) is 22.2 Å². The van der Waals surface area contributed by atoms with E-state index in [1.54, 1.807) is 6.07 Å². The molecule has 3 N–H and O–H groups in total. The number of benzene rings is 1. The number of fused-ring (bicyclic) bond motifs is 1. The average Bonchev–Trinajstić information content (AvgIpc) is 3.38. The number of carbonyl (C=O) groups is 2. The van der Waals surface area contributed by atoms with Gasteiger partial charge in [-0.15, -0.1) is 11.3 Å². The molecule has 3 aromatic heterocycles. The second-order valence-electron chi connectivity index (χ2n) is 6.99. The van der Waals surface area contributed by atoms with Gasteiger partial charge in [-0.05, 0) is 25.5 Å². The van der Waals surface area contributed by atoms with Gasteiger partial charge in [0, 0.05) is 23.4 Å². The lowest BCUT2D eigenvalue weighted by Crippen LogP contribution is -2.42. The third kappa shape index (κ3) is 4.24. The number of amides is 2. The average molecular weight is 436 g/mol. The number of hydrazine groups is 1. The van der Waals surface area contributed by atoms with Gasteiger partial charge in [-0.3, -0.25) is 34.9 Å². The molecule has 1 aromatic carbocycles.